The quantitative estimate of drug-likeness (QED) is 0.824. The van der Waals surface area contributed by atoms with Gasteiger partial charge in [-0.05, 0) is 12.8 Å². The van der Waals surface area contributed by atoms with E-state index in [1.54, 1.807) is 10.3 Å². The summed E-state index contributed by atoms with van der Waals surface area (Å²) >= 11 is 1.34. The van der Waals surface area contributed by atoms with Crippen molar-refractivity contribution >= 4 is 28.3 Å². The molecule has 7 heteroatoms. The number of aromatic nitrogens is 1. The van der Waals surface area contributed by atoms with E-state index in [1.165, 1.54) is 18.4 Å². The number of nitrogen functional groups attached to an aromatic ring is 1. The van der Waals surface area contributed by atoms with Gasteiger partial charge >= 0.3 is 5.97 Å². The molecule has 1 amide bonds. The topological polar surface area (TPSA) is 85.5 Å². The van der Waals surface area contributed by atoms with Gasteiger partial charge in [-0.2, -0.15) is 0 Å². The van der Waals surface area contributed by atoms with E-state index in [-0.39, 0.29) is 24.2 Å². The van der Waals surface area contributed by atoms with Crippen LogP contribution in [0.15, 0.2) is 5.38 Å². The van der Waals surface area contributed by atoms with Crippen molar-refractivity contribution in [2.45, 2.75) is 19.3 Å². The van der Waals surface area contributed by atoms with Crippen LogP contribution >= 0.6 is 11.3 Å². The Morgan fingerprint density at radius 1 is 1.53 bits per heavy atom. The Morgan fingerprint density at radius 3 is 2.74 bits per heavy atom. The molecule has 1 saturated heterocycles. The number of thiazole rings is 1. The fourth-order valence-electron chi connectivity index (χ4n) is 2.20. The summed E-state index contributed by atoms with van der Waals surface area (Å²) in [4.78, 5) is 29.3. The summed E-state index contributed by atoms with van der Waals surface area (Å²) in [6, 6.07) is 0. The smallest absolute Gasteiger partial charge is 0.308 e. The van der Waals surface area contributed by atoms with Crippen LogP contribution in [-0.4, -0.2) is 42.0 Å². The molecular weight excluding hydrogens is 266 g/mol. The number of rotatable bonds is 3. The summed E-state index contributed by atoms with van der Waals surface area (Å²) in [5, 5.41) is 2.28. The van der Waals surface area contributed by atoms with Crippen molar-refractivity contribution in [2.24, 2.45) is 5.92 Å². The van der Waals surface area contributed by atoms with Gasteiger partial charge in [-0.25, -0.2) is 4.98 Å². The number of anilines is 1. The molecule has 1 fully saturated rings. The van der Waals surface area contributed by atoms with Gasteiger partial charge in [-0.3, -0.25) is 9.59 Å². The zero-order valence-corrected chi connectivity index (χ0v) is 11.6. The molecule has 1 aromatic rings. The molecule has 0 radical (unpaired) electrons. The Kier molecular flexibility index (Phi) is 4.36. The lowest BCUT2D eigenvalue weighted by Gasteiger charge is -2.30. The number of hydrogen-bond donors (Lipinski definition) is 1. The van der Waals surface area contributed by atoms with E-state index in [2.05, 4.69) is 4.98 Å². The summed E-state index contributed by atoms with van der Waals surface area (Å²) in [5.74, 6) is -0.225. The first kappa shape index (κ1) is 13.8. The fraction of sp³-hybridized carbons (Fsp3) is 0.583. The number of ether oxygens (including phenoxy) is 1. The minimum Gasteiger partial charge on any atom is -0.469 e. The van der Waals surface area contributed by atoms with Gasteiger partial charge < -0.3 is 15.4 Å². The van der Waals surface area contributed by atoms with Gasteiger partial charge in [0.15, 0.2) is 5.13 Å². The van der Waals surface area contributed by atoms with Gasteiger partial charge in [0.1, 0.15) is 0 Å². The highest BCUT2D eigenvalue weighted by Gasteiger charge is 2.27. The van der Waals surface area contributed by atoms with Crippen molar-refractivity contribution in [3.63, 3.8) is 0 Å². The molecule has 1 aromatic heterocycles. The van der Waals surface area contributed by atoms with E-state index in [0.717, 1.165) is 0 Å². The molecule has 1 aliphatic heterocycles. The van der Waals surface area contributed by atoms with Gasteiger partial charge in [0.25, 0.3) is 0 Å². The second-order valence-corrected chi connectivity index (χ2v) is 5.42. The van der Waals surface area contributed by atoms with Crippen LogP contribution in [0.1, 0.15) is 18.5 Å². The Hall–Kier alpha value is -1.63. The highest BCUT2D eigenvalue weighted by atomic mass is 32.1. The van der Waals surface area contributed by atoms with E-state index in [4.69, 9.17) is 10.5 Å². The maximum Gasteiger partial charge on any atom is 0.308 e. The number of nitrogens with two attached hydrogens (primary N) is 1. The average Bonchev–Trinajstić information content (AvgIpc) is 2.83. The first-order valence-corrected chi connectivity index (χ1v) is 7.03. The third-order valence-electron chi connectivity index (χ3n) is 3.28. The van der Waals surface area contributed by atoms with E-state index < -0.39 is 0 Å². The summed E-state index contributed by atoms with van der Waals surface area (Å²) in [6.07, 6.45) is 1.60. The van der Waals surface area contributed by atoms with Crippen molar-refractivity contribution in [1.29, 1.82) is 0 Å². The lowest BCUT2D eigenvalue weighted by atomic mass is 9.97. The van der Waals surface area contributed by atoms with E-state index in [1.807, 2.05) is 0 Å². The van der Waals surface area contributed by atoms with Crippen LogP contribution < -0.4 is 5.73 Å². The molecule has 104 valence electrons. The Bertz CT molecular complexity index is 467. The second kappa shape index (κ2) is 6.01. The van der Waals surface area contributed by atoms with E-state index in [9.17, 15) is 9.59 Å². The number of methoxy groups -OCH3 is 1. The molecule has 0 atom stereocenters. The molecule has 0 aromatic carbocycles. The van der Waals surface area contributed by atoms with Crippen LogP contribution in [-0.2, 0) is 20.7 Å². The Morgan fingerprint density at radius 2 is 2.21 bits per heavy atom. The van der Waals surface area contributed by atoms with Crippen molar-refractivity contribution in [3.05, 3.63) is 11.1 Å². The molecule has 2 rings (SSSR count). The number of piperidine rings is 1. The Balaban J connectivity index is 1.84. The molecular formula is C12H17N3O3S. The minimum atomic E-state index is -0.181. The van der Waals surface area contributed by atoms with Gasteiger partial charge in [-0.1, -0.05) is 0 Å². The molecule has 0 aliphatic carbocycles. The highest BCUT2D eigenvalue weighted by molar-refractivity contribution is 7.13. The number of esters is 1. The fourth-order valence-corrected chi connectivity index (χ4v) is 2.76. The summed E-state index contributed by atoms with van der Waals surface area (Å²) in [5.41, 5.74) is 6.24. The summed E-state index contributed by atoms with van der Waals surface area (Å²) in [7, 11) is 1.40. The molecule has 0 saturated carbocycles. The molecule has 0 bridgehead atoms. The van der Waals surface area contributed by atoms with Crippen LogP contribution in [0.5, 0.6) is 0 Å². The number of carbonyl (C=O) groups is 2. The number of carbonyl (C=O) groups excluding carboxylic acids is 2. The molecule has 19 heavy (non-hydrogen) atoms. The second-order valence-electron chi connectivity index (χ2n) is 4.53. The van der Waals surface area contributed by atoms with Gasteiger partial charge in [0, 0.05) is 18.5 Å². The summed E-state index contributed by atoms with van der Waals surface area (Å²) < 4.78 is 4.72. The van der Waals surface area contributed by atoms with Crippen LogP contribution in [0.25, 0.3) is 0 Å². The van der Waals surface area contributed by atoms with Crippen LogP contribution in [0, 0.1) is 5.92 Å². The SMILES string of the molecule is COC(=O)C1CCN(C(=O)Cc2csc(N)n2)CC1. The average molecular weight is 283 g/mol. The lowest BCUT2D eigenvalue weighted by Crippen LogP contribution is -2.41. The molecule has 0 spiro atoms. The summed E-state index contributed by atoms with van der Waals surface area (Å²) in [6.45, 7) is 1.19. The van der Waals surface area contributed by atoms with Crippen molar-refractivity contribution in [1.82, 2.24) is 9.88 Å². The molecule has 2 N–H and O–H groups in total. The van der Waals surface area contributed by atoms with Gasteiger partial charge in [0.05, 0.1) is 25.1 Å². The predicted octanol–water partition coefficient (Wildman–Crippen LogP) is 0.679. The zero-order valence-electron chi connectivity index (χ0n) is 10.8. The van der Waals surface area contributed by atoms with E-state index >= 15 is 0 Å². The number of amides is 1. The molecule has 1 aliphatic rings. The number of nitrogens with zero attached hydrogens (tertiary/aromatic N) is 2. The standard InChI is InChI=1S/C12H17N3O3S/c1-18-11(17)8-2-4-15(5-3-8)10(16)6-9-7-19-12(13)14-9/h7-8H,2-6H2,1H3,(H2,13,14). The largest absolute Gasteiger partial charge is 0.469 e. The van der Waals surface area contributed by atoms with Crippen LogP contribution in [0.3, 0.4) is 0 Å². The molecule has 6 nitrogen and oxygen atoms in total. The minimum absolute atomic E-state index is 0.0358. The first-order valence-electron chi connectivity index (χ1n) is 6.15. The van der Waals surface area contributed by atoms with Gasteiger partial charge in [0.2, 0.25) is 5.91 Å². The van der Waals surface area contributed by atoms with Crippen LogP contribution in [0.4, 0.5) is 5.13 Å². The number of likely N-dealkylation sites (tertiary alicyclic amines) is 1. The van der Waals surface area contributed by atoms with Crippen molar-refractivity contribution in [2.75, 3.05) is 25.9 Å². The lowest BCUT2D eigenvalue weighted by molar-refractivity contribution is -0.148. The van der Waals surface area contributed by atoms with Crippen molar-refractivity contribution < 1.29 is 14.3 Å². The highest BCUT2D eigenvalue weighted by Crippen LogP contribution is 2.19. The van der Waals surface area contributed by atoms with E-state index in [0.29, 0.717) is 36.8 Å². The van der Waals surface area contributed by atoms with Gasteiger partial charge in [-0.15, -0.1) is 11.3 Å². The Labute approximate surface area is 115 Å². The predicted molar refractivity (Wildman–Crippen MR) is 71.6 cm³/mol. The maximum absolute atomic E-state index is 12.1. The molecule has 2 heterocycles. The third kappa shape index (κ3) is 3.44. The molecule has 0 unspecified atom stereocenters. The maximum atomic E-state index is 12.1. The monoisotopic (exact) mass is 283 g/mol. The first-order chi connectivity index (χ1) is 9.10. The third-order valence-corrected chi connectivity index (χ3v) is 4.01. The van der Waals surface area contributed by atoms with Crippen molar-refractivity contribution in [3.8, 4) is 0 Å². The number of hydrogen-bond acceptors (Lipinski definition) is 6. The normalized spacial score (nSPS) is 16.4. The zero-order chi connectivity index (χ0) is 13.8. The van der Waals surface area contributed by atoms with Crippen LogP contribution in [0.2, 0.25) is 0 Å².